The minimum Gasteiger partial charge on any atom is -0.492 e. The molecule has 5 aromatic rings. The number of amides is 2. The third-order valence-corrected chi connectivity index (χ3v) is 7.83. The Hall–Kier alpha value is -3.93. The fourth-order valence-electron chi connectivity index (χ4n) is 4.53. The number of aromatic nitrogens is 3. The van der Waals surface area contributed by atoms with Gasteiger partial charge in [-0.15, -0.1) is 11.3 Å². The summed E-state index contributed by atoms with van der Waals surface area (Å²) >= 11 is 1.64. The van der Waals surface area contributed by atoms with Crippen molar-refractivity contribution in [3.63, 3.8) is 0 Å². The highest BCUT2D eigenvalue weighted by Gasteiger charge is 2.20. The summed E-state index contributed by atoms with van der Waals surface area (Å²) in [6.45, 7) is 11.1. The molecule has 0 spiro atoms. The van der Waals surface area contributed by atoms with Crippen LogP contribution in [0.25, 0.3) is 31.8 Å². The van der Waals surface area contributed by atoms with Crippen molar-refractivity contribution in [1.29, 1.82) is 0 Å². The number of benzene rings is 2. The number of fused-ring (bicyclic) bond motifs is 3. The zero-order valence-corrected chi connectivity index (χ0v) is 23.6. The molecule has 208 valence electrons. The molecular weight excluding hydrogens is 528 g/mol. The number of imidazole rings is 1. The van der Waals surface area contributed by atoms with Gasteiger partial charge in [-0.25, -0.2) is 9.78 Å². The van der Waals surface area contributed by atoms with Crippen LogP contribution < -0.4 is 15.4 Å². The lowest BCUT2D eigenvalue weighted by atomic mass is 9.93. The minimum atomic E-state index is -0.393. The summed E-state index contributed by atoms with van der Waals surface area (Å²) in [5.41, 5.74) is 2.41. The topological polar surface area (TPSA) is 118 Å². The molecule has 2 amide bonds. The molecule has 2 aromatic carbocycles. The lowest BCUT2D eigenvalue weighted by molar-refractivity contribution is 0.0322. The summed E-state index contributed by atoms with van der Waals surface area (Å²) in [7, 11) is 0. The number of nitrogens with one attached hydrogen (secondary N) is 3. The lowest BCUT2D eigenvalue weighted by Crippen LogP contribution is -2.38. The summed E-state index contributed by atoms with van der Waals surface area (Å²) in [5, 5.41) is 10.6. The summed E-state index contributed by atoms with van der Waals surface area (Å²) in [6.07, 6.45) is 0. The highest BCUT2D eigenvalue weighted by atomic mass is 32.1. The van der Waals surface area contributed by atoms with E-state index in [1.165, 1.54) is 0 Å². The molecule has 40 heavy (non-hydrogen) atoms. The van der Waals surface area contributed by atoms with E-state index in [1.54, 1.807) is 17.4 Å². The molecule has 11 heteroatoms. The summed E-state index contributed by atoms with van der Waals surface area (Å²) in [6, 6.07) is 15.1. The highest BCUT2D eigenvalue weighted by Crippen LogP contribution is 2.36. The van der Waals surface area contributed by atoms with Crippen LogP contribution in [0.15, 0.2) is 53.1 Å². The zero-order valence-electron chi connectivity index (χ0n) is 22.7. The van der Waals surface area contributed by atoms with Gasteiger partial charge in [0.25, 0.3) is 0 Å². The van der Waals surface area contributed by atoms with Crippen LogP contribution in [0.5, 0.6) is 5.75 Å². The van der Waals surface area contributed by atoms with Crippen molar-refractivity contribution >= 4 is 49.3 Å². The van der Waals surface area contributed by atoms with Crippen LogP contribution in [0.3, 0.4) is 0 Å². The van der Waals surface area contributed by atoms with E-state index >= 15 is 0 Å². The molecule has 3 N–H and O–H groups in total. The molecule has 0 aliphatic carbocycles. The molecule has 1 saturated heterocycles. The van der Waals surface area contributed by atoms with Crippen molar-refractivity contribution in [3.8, 4) is 17.1 Å². The number of anilines is 2. The lowest BCUT2D eigenvalue weighted by Gasteiger charge is -2.26. The van der Waals surface area contributed by atoms with E-state index in [2.05, 4.69) is 37.8 Å². The van der Waals surface area contributed by atoms with E-state index in [4.69, 9.17) is 19.0 Å². The standard InChI is InChI=1S/C29H32N6O4S/c1-29(2,3)23-17-24(34-39-23)31-28(36)30-19-6-4-18(5-7-19)26-32-25-21-9-8-20(16-22(21)40-27(25)33-26)38-15-12-35-10-13-37-14-11-35/h4-9,16-17H,10-15H2,1-3H3,(H,32,33)(H2,30,31,34,36). The molecule has 0 bridgehead atoms. The first-order valence-corrected chi connectivity index (χ1v) is 14.1. The van der Waals surface area contributed by atoms with Gasteiger partial charge >= 0.3 is 6.03 Å². The third-order valence-electron chi connectivity index (χ3n) is 6.79. The van der Waals surface area contributed by atoms with E-state index in [-0.39, 0.29) is 5.41 Å². The molecule has 6 rings (SSSR count). The SMILES string of the molecule is CC(C)(C)c1cc(NC(=O)Nc2ccc(-c3nc4sc5cc(OCCN6CCOCC6)ccc5c4[nH]3)cc2)no1. The second kappa shape index (κ2) is 10.9. The number of thiophene rings is 1. The Kier molecular flexibility index (Phi) is 7.18. The second-order valence-corrected chi connectivity index (χ2v) is 11.8. The Morgan fingerprint density at radius 3 is 2.65 bits per heavy atom. The Bertz CT molecular complexity index is 1630. The molecule has 10 nitrogen and oxygen atoms in total. The van der Waals surface area contributed by atoms with Gasteiger partial charge in [0.05, 0.1) is 18.7 Å². The van der Waals surface area contributed by atoms with Crippen molar-refractivity contribution in [1.82, 2.24) is 20.0 Å². The van der Waals surface area contributed by atoms with Crippen molar-refractivity contribution in [2.75, 3.05) is 50.1 Å². The Balaban J connectivity index is 1.08. The number of H-pyrrole nitrogens is 1. The fraction of sp³-hybridized carbons (Fsp3) is 0.345. The predicted octanol–water partition coefficient (Wildman–Crippen LogP) is 6.09. The number of aromatic amines is 1. The van der Waals surface area contributed by atoms with Crippen molar-refractivity contribution in [3.05, 3.63) is 54.3 Å². The van der Waals surface area contributed by atoms with Crippen LogP contribution >= 0.6 is 11.3 Å². The average molecular weight is 561 g/mol. The molecule has 3 aromatic heterocycles. The smallest absolute Gasteiger partial charge is 0.324 e. The molecule has 0 saturated carbocycles. The van der Waals surface area contributed by atoms with Crippen LogP contribution in [0.1, 0.15) is 26.5 Å². The Morgan fingerprint density at radius 1 is 1.10 bits per heavy atom. The fourth-order valence-corrected chi connectivity index (χ4v) is 5.60. The Labute approximate surface area is 235 Å². The van der Waals surface area contributed by atoms with Crippen LogP contribution in [-0.4, -0.2) is 65.5 Å². The molecule has 1 aliphatic rings. The van der Waals surface area contributed by atoms with E-state index in [0.717, 1.165) is 70.4 Å². The average Bonchev–Trinajstić information content (AvgIpc) is 3.64. The number of ether oxygens (including phenoxy) is 2. The van der Waals surface area contributed by atoms with Gasteiger partial charge in [0.15, 0.2) is 5.82 Å². The van der Waals surface area contributed by atoms with Crippen molar-refractivity contribution in [2.45, 2.75) is 26.2 Å². The highest BCUT2D eigenvalue weighted by molar-refractivity contribution is 7.25. The van der Waals surface area contributed by atoms with Crippen LogP contribution in [0, 0.1) is 0 Å². The maximum absolute atomic E-state index is 12.4. The maximum Gasteiger partial charge on any atom is 0.324 e. The van der Waals surface area contributed by atoms with Crippen LogP contribution in [0.4, 0.5) is 16.3 Å². The number of hydrogen-bond donors (Lipinski definition) is 3. The monoisotopic (exact) mass is 560 g/mol. The van der Waals surface area contributed by atoms with Crippen LogP contribution in [-0.2, 0) is 10.2 Å². The largest absolute Gasteiger partial charge is 0.492 e. The number of carbonyl (C=O) groups excluding carboxylic acids is 1. The van der Waals surface area contributed by atoms with Gasteiger partial charge in [-0.1, -0.05) is 25.9 Å². The van der Waals surface area contributed by atoms with Gasteiger partial charge in [-0.3, -0.25) is 10.2 Å². The first-order valence-electron chi connectivity index (χ1n) is 13.3. The number of nitrogens with zero attached hydrogens (tertiary/aromatic N) is 3. The third kappa shape index (κ3) is 5.81. The summed E-state index contributed by atoms with van der Waals surface area (Å²) < 4.78 is 17.9. The van der Waals surface area contributed by atoms with Gasteiger partial charge in [-0.2, -0.15) is 0 Å². The normalized spacial score (nSPS) is 14.6. The van der Waals surface area contributed by atoms with E-state index in [1.807, 2.05) is 51.1 Å². The van der Waals surface area contributed by atoms with Gasteiger partial charge in [0.2, 0.25) is 0 Å². The molecule has 0 unspecified atom stereocenters. The molecule has 0 radical (unpaired) electrons. The zero-order chi connectivity index (χ0) is 27.7. The van der Waals surface area contributed by atoms with Crippen molar-refractivity contribution in [2.24, 2.45) is 0 Å². The first-order chi connectivity index (χ1) is 19.3. The number of morpholine rings is 1. The first kappa shape index (κ1) is 26.3. The van der Waals surface area contributed by atoms with E-state index < -0.39 is 6.03 Å². The number of urea groups is 1. The molecule has 4 heterocycles. The van der Waals surface area contributed by atoms with E-state index in [9.17, 15) is 4.79 Å². The molecule has 0 atom stereocenters. The number of carbonyl (C=O) groups is 1. The van der Waals surface area contributed by atoms with Crippen molar-refractivity contribution < 1.29 is 18.8 Å². The molecule has 1 fully saturated rings. The molecular formula is C29H32N6O4S. The summed E-state index contributed by atoms with van der Waals surface area (Å²) in [5.74, 6) is 2.72. The van der Waals surface area contributed by atoms with Gasteiger partial charge in [0, 0.05) is 52.5 Å². The van der Waals surface area contributed by atoms with Gasteiger partial charge < -0.3 is 24.3 Å². The quantitative estimate of drug-likeness (QED) is 0.221. The molecule has 1 aliphatic heterocycles. The number of rotatable bonds is 7. The minimum absolute atomic E-state index is 0.188. The maximum atomic E-state index is 12.4. The van der Waals surface area contributed by atoms with Crippen LogP contribution in [0.2, 0.25) is 0 Å². The van der Waals surface area contributed by atoms with E-state index in [0.29, 0.717) is 23.9 Å². The second-order valence-electron chi connectivity index (χ2n) is 10.8. The summed E-state index contributed by atoms with van der Waals surface area (Å²) in [4.78, 5) is 24.0. The van der Waals surface area contributed by atoms with Gasteiger partial charge in [-0.05, 0) is 42.5 Å². The Morgan fingerprint density at radius 2 is 1.90 bits per heavy atom. The van der Waals surface area contributed by atoms with Gasteiger partial charge in [0.1, 0.15) is 28.8 Å². The number of hydrogen-bond acceptors (Lipinski definition) is 8. The predicted molar refractivity (Wildman–Crippen MR) is 158 cm³/mol.